The first-order chi connectivity index (χ1) is 12.0. The predicted molar refractivity (Wildman–Crippen MR) is 90.5 cm³/mol. The van der Waals surface area contributed by atoms with E-state index in [-0.39, 0.29) is 17.2 Å². The van der Waals surface area contributed by atoms with Crippen molar-refractivity contribution in [2.45, 2.75) is 19.3 Å². The third-order valence-electron chi connectivity index (χ3n) is 4.19. The summed E-state index contributed by atoms with van der Waals surface area (Å²) in [6, 6.07) is 9.24. The highest BCUT2D eigenvalue weighted by molar-refractivity contribution is 6.06. The fourth-order valence-corrected chi connectivity index (χ4v) is 2.86. The Balaban J connectivity index is 1.76. The summed E-state index contributed by atoms with van der Waals surface area (Å²) < 4.78 is 26.6. The number of anilines is 1. The summed E-state index contributed by atoms with van der Waals surface area (Å²) in [7, 11) is 0. The normalized spacial score (nSPS) is 14.2. The molecule has 0 unspecified atom stereocenters. The Morgan fingerprint density at radius 2 is 1.64 bits per heavy atom. The molecule has 1 fully saturated rings. The highest BCUT2D eigenvalue weighted by atomic mass is 19.1. The summed E-state index contributed by atoms with van der Waals surface area (Å²) in [5.41, 5.74) is 0.555. The Bertz CT molecular complexity index is 802. The lowest BCUT2D eigenvalue weighted by molar-refractivity contribution is 0.0724. The van der Waals surface area contributed by atoms with Crippen LogP contribution >= 0.6 is 0 Å². The van der Waals surface area contributed by atoms with Gasteiger partial charge in [0.2, 0.25) is 0 Å². The molecule has 0 atom stereocenters. The molecule has 6 heteroatoms. The van der Waals surface area contributed by atoms with Gasteiger partial charge in [0.1, 0.15) is 11.6 Å². The zero-order chi connectivity index (χ0) is 17.8. The van der Waals surface area contributed by atoms with Crippen LogP contribution < -0.4 is 5.32 Å². The van der Waals surface area contributed by atoms with E-state index < -0.39 is 17.5 Å². The molecule has 0 bridgehead atoms. The van der Waals surface area contributed by atoms with Crippen molar-refractivity contribution in [3.05, 3.63) is 65.2 Å². The quantitative estimate of drug-likeness (QED) is 0.920. The van der Waals surface area contributed by atoms with Crippen LogP contribution in [0.3, 0.4) is 0 Å². The van der Waals surface area contributed by atoms with Crippen molar-refractivity contribution >= 4 is 17.5 Å². The first-order valence-electron chi connectivity index (χ1n) is 8.20. The van der Waals surface area contributed by atoms with Crippen LogP contribution in [0.2, 0.25) is 0 Å². The molecular formula is C19H18F2N2O2. The predicted octanol–water partition coefficient (Wildman–Crippen LogP) is 3.84. The third-order valence-corrected chi connectivity index (χ3v) is 4.19. The summed E-state index contributed by atoms with van der Waals surface area (Å²) in [5, 5.41) is 2.39. The minimum Gasteiger partial charge on any atom is -0.339 e. The van der Waals surface area contributed by atoms with Gasteiger partial charge in [-0.15, -0.1) is 0 Å². The number of rotatable bonds is 3. The van der Waals surface area contributed by atoms with Crippen LogP contribution in [-0.4, -0.2) is 29.8 Å². The molecule has 25 heavy (non-hydrogen) atoms. The molecule has 0 spiro atoms. The van der Waals surface area contributed by atoms with Crippen molar-refractivity contribution < 1.29 is 18.4 Å². The fraction of sp³-hybridized carbons (Fsp3) is 0.263. The van der Waals surface area contributed by atoms with E-state index in [0.29, 0.717) is 11.6 Å². The smallest absolute Gasteiger partial charge is 0.255 e. The van der Waals surface area contributed by atoms with Gasteiger partial charge in [-0.3, -0.25) is 9.59 Å². The number of nitrogens with one attached hydrogen (secondary N) is 1. The number of piperidine rings is 1. The minimum absolute atomic E-state index is 0.109. The van der Waals surface area contributed by atoms with Gasteiger partial charge in [-0.25, -0.2) is 8.78 Å². The number of carbonyl (C=O) groups is 2. The largest absolute Gasteiger partial charge is 0.339 e. The van der Waals surface area contributed by atoms with Gasteiger partial charge < -0.3 is 10.2 Å². The molecule has 2 aromatic carbocycles. The Morgan fingerprint density at radius 1 is 0.920 bits per heavy atom. The summed E-state index contributed by atoms with van der Waals surface area (Å²) >= 11 is 0. The van der Waals surface area contributed by atoms with E-state index in [1.54, 1.807) is 23.1 Å². The average molecular weight is 344 g/mol. The van der Waals surface area contributed by atoms with Crippen LogP contribution in [0.25, 0.3) is 0 Å². The molecule has 3 rings (SSSR count). The highest BCUT2D eigenvalue weighted by Crippen LogP contribution is 2.18. The maximum Gasteiger partial charge on any atom is 0.255 e. The maximum absolute atomic E-state index is 13.7. The number of nitrogens with zero attached hydrogens (tertiary/aromatic N) is 1. The molecule has 2 aromatic rings. The maximum atomic E-state index is 13.7. The molecule has 1 heterocycles. The minimum atomic E-state index is -0.853. The van der Waals surface area contributed by atoms with E-state index in [1.165, 1.54) is 6.07 Å². The molecule has 0 aliphatic carbocycles. The molecule has 2 amide bonds. The summed E-state index contributed by atoms with van der Waals surface area (Å²) in [6.07, 6.45) is 3.08. The molecule has 130 valence electrons. The van der Waals surface area contributed by atoms with Crippen LogP contribution in [0, 0.1) is 11.6 Å². The van der Waals surface area contributed by atoms with Gasteiger partial charge in [-0.1, -0.05) is 6.07 Å². The standard InChI is InChI=1S/C19H18F2N2O2/c20-15-7-8-17(16(21)12-15)22-18(24)13-5-4-6-14(11-13)19(25)23-9-2-1-3-10-23/h4-8,11-12H,1-3,9-10H2,(H,22,24). The molecule has 1 saturated heterocycles. The molecule has 4 nitrogen and oxygen atoms in total. The van der Waals surface area contributed by atoms with Crippen LogP contribution in [0.1, 0.15) is 40.0 Å². The average Bonchev–Trinajstić information content (AvgIpc) is 2.64. The van der Waals surface area contributed by atoms with E-state index in [0.717, 1.165) is 44.5 Å². The van der Waals surface area contributed by atoms with Crippen LogP contribution in [0.15, 0.2) is 42.5 Å². The number of halogens is 2. The van der Waals surface area contributed by atoms with E-state index in [9.17, 15) is 18.4 Å². The Kier molecular flexibility index (Phi) is 5.07. The third kappa shape index (κ3) is 4.02. The van der Waals surface area contributed by atoms with Gasteiger partial charge in [0.15, 0.2) is 0 Å². The van der Waals surface area contributed by atoms with Crippen LogP contribution in [-0.2, 0) is 0 Å². The topological polar surface area (TPSA) is 49.4 Å². The monoisotopic (exact) mass is 344 g/mol. The molecule has 1 aliphatic rings. The first-order valence-corrected chi connectivity index (χ1v) is 8.20. The molecular weight excluding hydrogens is 326 g/mol. The molecule has 0 radical (unpaired) electrons. The summed E-state index contributed by atoms with van der Waals surface area (Å²) in [4.78, 5) is 26.6. The highest BCUT2D eigenvalue weighted by Gasteiger charge is 2.19. The second-order valence-corrected chi connectivity index (χ2v) is 6.01. The molecule has 1 aliphatic heterocycles. The number of hydrogen-bond donors (Lipinski definition) is 1. The number of likely N-dealkylation sites (tertiary alicyclic amines) is 1. The van der Waals surface area contributed by atoms with Gasteiger partial charge in [-0.05, 0) is 49.6 Å². The van der Waals surface area contributed by atoms with Gasteiger partial charge in [-0.2, -0.15) is 0 Å². The Labute approximate surface area is 144 Å². The molecule has 0 aromatic heterocycles. The van der Waals surface area contributed by atoms with Crippen LogP contribution in [0.4, 0.5) is 14.5 Å². The lowest BCUT2D eigenvalue weighted by atomic mass is 10.1. The van der Waals surface area contributed by atoms with Crippen molar-refractivity contribution in [2.75, 3.05) is 18.4 Å². The van der Waals surface area contributed by atoms with Gasteiger partial charge >= 0.3 is 0 Å². The fourth-order valence-electron chi connectivity index (χ4n) is 2.86. The van der Waals surface area contributed by atoms with E-state index in [1.807, 2.05) is 0 Å². The lowest BCUT2D eigenvalue weighted by Gasteiger charge is -2.26. The summed E-state index contributed by atoms with van der Waals surface area (Å²) in [6.45, 7) is 1.44. The number of hydrogen-bond acceptors (Lipinski definition) is 2. The Morgan fingerprint density at radius 3 is 2.36 bits per heavy atom. The first kappa shape index (κ1) is 17.1. The lowest BCUT2D eigenvalue weighted by Crippen LogP contribution is -2.35. The van der Waals surface area contributed by atoms with Crippen molar-refractivity contribution in [1.82, 2.24) is 4.90 Å². The number of benzene rings is 2. The number of carbonyl (C=O) groups excluding carboxylic acids is 2. The van der Waals surface area contributed by atoms with Crippen molar-refractivity contribution in [3.63, 3.8) is 0 Å². The van der Waals surface area contributed by atoms with Crippen molar-refractivity contribution in [2.24, 2.45) is 0 Å². The second-order valence-electron chi connectivity index (χ2n) is 6.01. The summed E-state index contributed by atoms with van der Waals surface area (Å²) in [5.74, 6) is -2.24. The van der Waals surface area contributed by atoms with Gasteiger partial charge in [0.05, 0.1) is 5.69 Å². The zero-order valence-electron chi connectivity index (χ0n) is 13.6. The van der Waals surface area contributed by atoms with Crippen molar-refractivity contribution in [1.29, 1.82) is 0 Å². The van der Waals surface area contributed by atoms with E-state index in [2.05, 4.69) is 5.32 Å². The molecule has 1 N–H and O–H groups in total. The van der Waals surface area contributed by atoms with Gasteiger partial charge in [0, 0.05) is 30.3 Å². The molecule has 0 saturated carbocycles. The zero-order valence-corrected chi connectivity index (χ0v) is 13.6. The number of amides is 2. The van der Waals surface area contributed by atoms with Crippen LogP contribution in [0.5, 0.6) is 0 Å². The Hall–Kier alpha value is -2.76. The van der Waals surface area contributed by atoms with E-state index in [4.69, 9.17) is 0 Å². The van der Waals surface area contributed by atoms with Crippen molar-refractivity contribution in [3.8, 4) is 0 Å². The second kappa shape index (κ2) is 7.42. The van der Waals surface area contributed by atoms with E-state index >= 15 is 0 Å². The SMILES string of the molecule is O=C(Nc1ccc(F)cc1F)c1cccc(C(=O)N2CCCCC2)c1. The van der Waals surface area contributed by atoms with Gasteiger partial charge in [0.25, 0.3) is 11.8 Å².